The zero-order chi connectivity index (χ0) is 13.8. The van der Waals surface area contributed by atoms with Crippen LogP contribution in [0.25, 0.3) is 0 Å². The minimum atomic E-state index is -0.506. The fraction of sp³-hybridized carbons (Fsp3) is 0.647. The van der Waals surface area contributed by atoms with Gasteiger partial charge in [0, 0.05) is 0 Å². The number of aryl methyl sites for hydroxylation is 1. The molecule has 0 bridgehead atoms. The molecule has 0 heterocycles. The number of hydrogen-bond acceptors (Lipinski definition) is 2. The molecule has 2 rings (SSSR count). The van der Waals surface area contributed by atoms with Crippen molar-refractivity contribution in [3.8, 4) is 0 Å². The Bertz CT molecular complexity index is 375. The van der Waals surface area contributed by atoms with Gasteiger partial charge in [-0.2, -0.15) is 0 Å². The first-order chi connectivity index (χ1) is 9.04. The summed E-state index contributed by atoms with van der Waals surface area (Å²) in [6, 6.07) is 8.03. The van der Waals surface area contributed by atoms with E-state index in [9.17, 15) is 5.11 Å². The van der Waals surface area contributed by atoms with Crippen molar-refractivity contribution < 1.29 is 9.84 Å². The summed E-state index contributed by atoms with van der Waals surface area (Å²) in [6.07, 6.45) is 3.38. The van der Waals surface area contributed by atoms with Crippen LogP contribution in [-0.2, 0) is 4.74 Å². The summed E-state index contributed by atoms with van der Waals surface area (Å²) in [6.45, 7) is 7.05. The number of ether oxygens (including phenoxy) is 1. The second-order valence-electron chi connectivity index (χ2n) is 6.30. The maximum absolute atomic E-state index is 10.1. The predicted octanol–water partition coefficient (Wildman–Crippen LogP) is 3.87. The van der Waals surface area contributed by atoms with Crippen molar-refractivity contribution in [3.63, 3.8) is 0 Å². The Morgan fingerprint density at radius 3 is 2.26 bits per heavy atom. The molecular formula is C17H26O2. The second kappa shape index (κ2) is 6.53. The first-order valence-electron chi connectivity index (χ1n) is 7.41. The Hall–Kier alpha value is -0.860. The van der Waals surface area contributed by atoms with E-state index in [1.165, 1.54) is 12.0 Å². The Morgan fingerprint density at radius 2 is 1.68 bits per heavy atom. The van der Waals surface area contributed by atoms with Crippen LogP contribution < -0.4 is 0 Å². The highest BCUT2D eigenvalue weighted by Gasteiger charge is 2.25. The molecule has 19 heavy (non-hydrogen) atoms. The highest BCUT2D eigenvalue weighted by atomic mass is 16.5. The smallest absolute Gasteiger partial charge is 0.102 e. The SMILES string of the molecule is Cc1ccc(C(O)COC2CC(C)CC(C)C2)cc1. The maximum atomic E-state index is 10.1. The van der Waals surface area contributed by atoms with Gasteiger partial charge in [-0.1, -0.05) is 43.7 Å². The predicted molar refractivity (Wildman–Crippen MR) is 78.1 cm³/mol. The van der Waals surface area contributed by atoms with E-state index < -0.39 is 6.10 Å². The van der Waals surface area contributed by atoms with Gasteiger partial charge in [0.2, 0.25) is 0 Å². The Morgan fingerprint density at radius 1 is 1.11 bits per heavy atom. The van der Waals surface area contributed by atoms with Gasteiger partial charge < -0.3 is 9.84 Å². The molecule has 1 aliphatic carbocycles. The molecule has 3 unspecified atom stereocenters. The minimum absolute atomic E-state index is 0.318. The van der Waals surface area contributed by atoms with E-state index in [4.69, 9.17) is 4.74 Å². The molecule has 1 aromatic rings. The Balaban J connectivity index is 1.83. The van der Waals surface area contributed by atoms with Crippen LogP contribution in [0, 0.1) is 18.8 Å². The number of aliphatic hydroxyl groups is 1. The largest absolute Gasteiger partial charge is 0.386 e. The van der Waals surface area contributed by atoms with E-state index in [0.29, 0.717) is 12.7 Å². The number of hydrogen-bond donors (Lipinski definition) is 1. The maximum Gasteiger partial charge on any atom is 0.102 e. The summed E-state index contributed by atoms with van der Waals surface area (Å²) in [5.41, 5.74) is 2.16. The molecule has 2 heteroatoms. The van der Waals surface area contributed by atoms with Crippen LogP contribution in [0.15, 0.2) is 24.3 Å². The molecule has 1 aliphatic rings. The summed E-state index contributed by atoms with van der Waals surface area (Å²) in [5.74, 6) is 1.48. The van der Waals surface area contributed by atoms with E-state index >= 15 is 0 Å². The monoisotopic (exact) mass is 262 g/mol. The fourth-order valence-electron chi connectivity index (χ4n) is 3.12. The van der Waals surface area contributed by atoms with Crippen molar-refractivity contribution in [3.05, 3.63) is 35.4 Å². The van der Waals surface area contributed by atoms with Crippen LogP contribution in [0.1, 0.15) is 50.3 Å². The molecule has 1 N–H and O–H groups in total. The van der Waals surface area contributed by atoms with Gasteiger partial charge in [-0.3, -0.25) is 0 Å². The second-order valence-corrected chi connectivity index (χ2v) is 6.30. The summed E-state index contributed by atoms with van der Waals surface area (Å²) in [4.78, 5) is 0. The first kappa shape index (κ1) is 14.5. The van der Waals surface area contributed by atoms with Crippen molar-refractivity contribution in [2.75, 3.05) is 6.61 Å². The van der Waals surface area contributed by atoms with Crippen molar-refractivity contribution in [1.82, 2.24) is 0 Å². The third-order valence-corrected chi connectivity index (χ3v) is 4.09. The zero-order valence-electron chi connectivity index (χ0n) is 12.3. The molecule has 0 spiro atoms. The molecule has 1 aromatic carbocycles. The lowest BCUT2D eigenvalue weighted by Gasteiger charge is -2.31. The molecule has 1 saturated carbocycles. The Labute approximate surface area is 116 Å². The van der Waals surface area contributed by atoms with E-state index in [1.807, 2.05) is 24.3 Å². The van der Waals surface area contributed by atoms with Crippen LogP contribution >= 0.6 is 0 Å². The standard InChI is InChI=1S/C17H26O2/c1-12-4-6-15(7-5-12)17(18)11-19-16-9-13(2)8-14(3)10-16/h4-7,13-14,16-18H,8-11H2,1-3H3. The van der Waals surface area contributed by atoms with Gasteiger partial charge in [0.05, 0.1) is 12.7 Å². The van der Waals surface area contributed by atoms with Crippen LogP contribution in [-0.4, -0.2) is 17.8 Å². The molecule has 0 saturated heterocycles. The lowest BCUT2D eigenvalue weighted by molar-refractivity contribution is -0.0412. The summed E-state index contributed by atoms with van der Waals surface area (Å²) in [5, 5.41) is 10.1. The van der Waals surface area contributed by atoms with Gasteiger partial charge in [-0.05, 0) is 43.6 Å². The van der Waals surface area contributed by atoms with Gasteiger partial charge in [-0.15, -0.1) is 0 Å². The van der Waals surface area contributed by atoms with Gasteiger partial charge in [0.15, 0.2) is 0 Å². The Kier molecular flexibility index (Phi) is 5.00. The van der Waals surface area contributed by atoms with Crippen LogP contribution in [0.5, 0.6) is 0 Å². The average Bonchev–Trinajstić information content (AvgIpc) is 2.36. The molecule has 0 amide bonds. The highest BCUT2D eigenvalue weighted by Crippen LogP contribution is 2.30. The molecule has 0 aliphatic heterocycles. The van der Waals surface area contributed by atoms with E-state index in [2.05, 4.69) is 20.8 Å². The number of benzene rings is 1. The highest BCUT2D eigenvalue weighted by molar-refractivity contribution is 5.23. The van der Waals surface area contributed by atoms with Gasteiger partial charge in [0.25, 0.3) is 0 Å². The van der Waals surface area contributed by atoms with Gasteiger partial charge >= 0.3 is 0 Å². The first-order valence-corrected chi connectivity index (χ1v) is 7.41. The summed E-state index contributed by atoms with van der Waals surface area (Å²) < 4.78 is 5.92. The topological polar surface area (TPSA) is 29.5 Å². The van der Waals surface area contributed by atoms with E-state index in [0.717, 1.165) is 30.2 Å². The van der Waals surface area contributed by atoms with Crippen LogP contribution in [0.2, 0.25) is 0 Å². The van der Waals surface area contributed by atoms with E-state index in [-0.39, 0.29) is 0 Å². The van der Waals surface area contributed by atoms with Crippen molar-refractivity contribution in [2.24, 2.45) is 11.8 Å². The normalized spacial score (nSPS) is 29.2. The molecule has 0 radical (unpaired) electrons. The van der Waals surface area contributed by atoms with Crippen molar-refractivity contribution in [2.45, 2.75) is 52.2 Å². The molecule has 2 nitrogen and oxygen atoms in total. The number of aliphatic hydroxyl groups excluding tert-OH is 1. The van der Waals surface area contributed by atoms with E-state index in [1.54, 1.807) is 0 Å². The molecule has 106 valence electrons. The fourth-order valence-corrected chi connectivity index (χ4v) is 3.12. The zero-order valence-corrected chi connectivity index (χ0v) is 12.3. The lowest BCUT2D eigenvalue weighted by Crippen LogP contribution is -2.27. The molecule has 0 aromatic heterocycles. The molecular weight excluding hydrogens is 236 g/mol. The molecule has 1 fully saturated rings. The third kappa shape index (κ3) is 4.32. The van der Waals surface area contributed by atoms with Gasteiger partial charge in [-0.25, -0.2) is 0 Å². The number of rotatable bonds is 4. The summed E-state index contributed by atoms with van der Waals surface area (Å²) >= 11 is 0. The third-order valence-electron chi connectivity index (χ3n) is 4.09. The quantitative estimate of drug-likeness (QED) is 0.892. The minimum Gasteiger partial charge on any atom is -0.386 e. The van der Waals surface area contributed by atoms with Crippen LogP contribution in [0.4, 0.5) is 0 Å². The summed E-state index contributed by atoms with van der Waals surface area (Å²) in [7, 11) is 0. The van der Waals surface area contributed by atoms with Crippen molar-refractivity contribution in [1.29, 1.82) is 0 Å². The van der Waals surface area contributed by atoms with Crippen molar-refractivity contribution >= 4 is 0 Å². The van der Waals surface area contributed by atoms with Crippen LogP contribution in [0.3, 0.4) is 0 Å². The average molecular weight is 262 g/mol. The molecule has 3 atom stereocenters. The lowest BCUT2D eigenvalue weighted by atomic mass is 9.82. The van der Waals surface area contributed by atoms with Gasteiger partial charge in [0.1, 0.15) is 6.10 Å².